The first-order valence-electron chi connectivity index (χ1n) is 7.78. The summed E-state index contributed by atoms with van der Waals surface area (Å²) in [5.41, 5.74) is 4.44. The first kappa shape index (κ1) is 18.9. The molecule has 0 aliphatic carbocycles. The van der Waals surface area contributed by atoms with Crippen molar-refractivity contribution in [3.8, 4) is 11.1 Å². The molecule has 0 bridgehead atoms. The molecule has 0 spiro atoms. The van der Waals surface area contributed by atoms with Crippen molar-refractivity contribution in [1.82, 2.24) is 15.4 Å². The number of carbonyl (C=O) groups excluding carboxylic acids is 1. The quantitative estimate of drug-likeness (QED) is 0.556. The molecule has 2 aromatic rings. The molecule has 0 aliphatic heterocycles. The van der Waals surface area contributed by atoms with E-state index in [2.05, 4.69) is 40.5 Å². The van der Waals surface area contributed by atoms with Crippen molar-refractivity contribution in [2.24, 2.45) is 5.14 Å². The Morgan fingerprint density at radius 2 is 1.72 bits per heavy atom. The fourth-order valence-corrected chi connectivity index (χ4v) is 2.64. The summed E-state index contributed by atoms with van der Waals surface area (Å²) in [6.07, 6.45) is 0. The molecule has 25 heavy (non-hydrogen) atoms. The van der Waals surface area contributed by atoms with Crippen LogP contribution in [-0.2, 0) is 16.8 Å². The van der Waals surface area contributed by atoms with E-state index in [9.17, 15) is 13.2 Å². The minimum atomic E-state index is -3.73. The van der Waals surface area contributed by atoms with Crippen LogP contribution in [0.2, 0.25) is 0 Å². The normalized spacial score (nSPS) is 11.1. The van der Waals surface area contributed by atoms with Crippen LogP contribution in [0.15, 0.2) is 48.5 Å². The fourth-order valence-electron chi connectivity index (χ4n) is 2.25. The van der Waals surface area contributed by atoms with Gasteiger partial charge in [0, 0.05) is 19.6 Å². The van der Waals surface area contributed by atoms with Gasteiger partial charge in [-0.15, -0.1) is 0 Å². The molecule has 0 atom stereocenters. The summed E-state index contributed by atoms with van der Waals surface area (Å²) < 4.78 is 23.4. The number of benzene rings is 2. The molecular formula is C17H22N4O3S. The highest BCUT2D eigenvalue weighted by molar-refractivity contribution is 7.87. The second kappa shape index (κ2) is 8.61. The minimum absolute atomic E-state index is 0.0391. The highest BCUT2D eigenvalue weighted by Gasteiger charge is 2.03. The summed E-state index contributed by atoms with van der Waals surface area (Å²) in [5, 5.41) is 10.0. The molecule has 0 aromatic heterocycles. The second-order valence-electron chi connectivity index (χ2n) is 5.62. The summed E-state index contributed by atoms with van der Waals surface area (Å²) >= 11 is 0. The van der Waals surface area contributed by atoms with Crippen LogP contribution in [0.25, 0.3) is 11.1 Å². The lowest BCUT2D eigenvalue weighted by atomic mass is 10.0. The average molecular weight is 362 g/mol. The zero-order valence-electron chi connectivity index (χ0n) is 14.0. The van der Waals surface area contributed by atoms with Gasteiger partial charge < -0.3 is 10.6 Å². The van der Waals surface area contributed by atoms with Crippen molar-refractivity contribution < 1.29 is 13.2 Å². The van der Waals surface area contributed by atoms with Crippen LogP contribution in [0.3, 0.4) is 0 Å². The molecule has 0 aliphatic rings. The molecule has 0 saturated heterocycles. The number of hydrogen-bond acceptors (Lipinski definition) is 3. The minimum Gasteiger partial charge on any atom is -0.337 e. The highest BCUT2D eigenvalue weighted by Crippen LogP contribution is 2.20. The zero-order valence-corrected chi connectivity index (χ0v) is 14.8. The van der Waals surface area contributed by atoms with E-state index in [0.717, 1.165) is 16.7 Å². The van der Waals surface area contributed by atoms with Crippen LogP contribution in [0.4, 0.5) is 4.79 Å². The Morgan fingerprint density at radius 1 is 1.00 bits per heavy atom. The predicted molar refractivity (Wildman–Crippen MR) is 98.0 cm³/mol. The van der Waals surface area contributed by atoms with Crippen molar-refractivity contribution >= 4 is 16.2 Å². The Balaban J connectivity index is 1.78. The third-order valence-corrected chi connectivity index (χ3v) is 4.08. The smallest absolute Gasteiger partial charge is 0.315 e. The summed E-state index contributed by atoms with van der Waals surface area (Å²) in [6.45, 7) is 2.62. The summed E-state index contributed by atoms with van der Waals surface area (Å²) in [4.78, 5) is 11.6. The van der Waals surface area contributed by atoms with Gasteiger partial charge in [0.05, 0.1) is 0 Å². The third kappa shape index (κ3) is 6.92. The number of carbonyl (C=O) groups is 1. The zero-order chi connectivity index (χ0) is 18.3. The maximum atomic E-state index is 11.6. The standard InChI is InChI=1S/C17H22N4O3S/c1-13-3-2-4-16(11-13)15-7-5-14(6-8-15)12-20-17(22)19-9-10-21-25(18,23)24/h2-8,11,21H,9-10,12H2,1H3,(H2,18,23,24)(H2,19,20,22). The summed E-state index contributed by atoms with van der Waals surface area (Å²) in [7, 11) is -3.73. The topological polar surface area (TPSA) is 113 Å². The molecule has 0 unspecified atom stereocenters. The van der Waals surface area contributed by atoms with Crippen LogP contribution >= 0.6 is 0 Å². The van der Waals surface area contributed by atoms with Crippen molar-refractivity contribution in [1.29, 1.82) is 0 Å². The molecule has 2 rings (SSSR count). The molecule has 0 heterocycles. The molecule has 0 saturated carbocycles. The van der Waals surface area contributed by atoms with E-state index in [4.69, 9.17) is 5.14 Å². The van der Waals surface area contributed by atoms with E-state index in [1.54, 1.807) is 0 Å². The SMILES string of the molecule is Cc1cccc(-c2ccc(CNC(=O)NCCNS(N)(=O)=O)cc2)c1. The number of urea groups is 1. The van der Waals surface area contributed by atoms with Crippen molar-refractivity contribution in [3.05, 3.63) is 59.7 Å². The lowest BCUT2D eigenvalue weighted by Crippen LogP contribution is -2.41. The van der Waals surface area contributed by atoms with Gasteiger partial charge in [-0.3, -0.25) is 0 Å². The number of nitrogens with two attached hydrogens (primary N) is 1. The molecule has 2 aromatic carbocycles. The Bertz CT molecular complexity index is 820. The van der Waals surface area contributed by atoms with Crippen LogP contribution in [0, 0.1) is 6.92 Å². The Morgan fingerprint density at radius 3 is 2.36 bits per heavy atom. The second-order valence-corrected chi connectivity index (χ2v) is 6.99. The first-order valence-corrected chi connectivity index (χ1v) is 9.33. The van der Waals surface area contributed by atoms with Crippen molar-refractivity contribution in [2.75, 3.05) is 13.1 Å². The lowest BCUT2D eigenvalue weighted by Gasteiger charge is -2.09. The van der Waals surface area contributed by atoms with Gasteiger partial charge in [0.2, 0.25) is 0 Å². The number of aryl methyl sites for hydroxylation is 1. The van der Waals surface area contributed by atoms with Crippen LogP contribution in [0.5, 0.6) is 0 Å². The van der Waals surface area contributed by atoms with Gasteiger partial charge >= 0.3 is 6.03 Å². The fraction of sp³-hybridized carbons (Fsp3) is 0.235. The van der Waals surface area contributed by atoms with E-state index in [-0.39, 0.29) is 19.1 Å². The average Bonchev–Trinajstić information content (AvgIpc) is 2.56. The summed E-state index contributed by atoms with van der Waals surface area (Å²) in [6, 6.07) is 15.8. The molecule has 8 heteroatoms. The predicted octanol–water partition coefficient (Wildman–Crippen LogP) is 1.25. The highest BCUT2D eigenvalue weighted by atomic mass is 32.2. The molecule has 5 N–H and O–H groups in total. The van der Waals surface area contributed by atoms with Crippen molar-refractivity contribution in [3.63, 3.8) is 0 Å². The van der Waals surface area contributed by atoms with E-state index in [1.165, 1.54) is 5.56 Å². The Hall–Kier alpha value is -2.42. The first-order chi connectivity index (χ1) is 11.8. The van der Waals surface area contributed by atoms with Crippen LogP contribution in [0.1, 0.15) is 11.1 Å². The molecule has 2 amide bonds. The molecular weight excluding hydrogens is 340 g/mol. The Kier molecular flexibility index (Phi) is 6.51. The van der Waals surface area contributed by atoms with E-state index in [1.807, 2.05) is 30.3 Å². The largest absolute Gasteiger partial charge is 0.337 e. The Labute approximate surface area is 147 Å². The molecule has 0 radical (unpaired) electrons. The third-order valence-electron chi connectivity index (χ3n) is 3.47. The number of amides is 2. The van der Waals surface area contributed by atoms with E-state index in [0.29, 0.717) is 6.54 Å². The van der Waals surface area contributed by atoms with Crippen molar-refractivity contribution in [2.45, 2.75) is 13.5 Å². The van der Waals surface area contributed by atoms with Gasteiger partial charge in [0.1, 0.15) is 0 Å². The molecule has 7 nitrogen and oxygen atoms in total. The number of nitrogens with one attached hydrogen (secondary N) is 3. The van der Waals surface area contributed by atoms with Gasteiger partial charge in [-0.1, -0.05) is 54.1 Å². The summed E-state index contributed by atoms with van der Waals surface area (Å²) in [5.74, 6) is 0. The molecule has 134 valence electrons. The van der Waals surface area contributed by atoms with Gasteiger partial charge in [0.15, 0.2) is 0 Å². The molecule has 0 fully saturated rings. The van der Waals surface area contributed by atoms with Gasteiger partial charge in [-0.2, -0.15) is 8.42 Å². The van der Waals surface area contributed by atoms with Gasteiger partial charge in [0.25, 0.3) is 10.2 Å². The van der Waals surface area contributed by atoms with Crippen LogP contribution in [-0.4, -0.2) is 27.5 Å². The van der Waals surface area contributed by atoms with Gasteiger partial charge in [-0.05, 0) is 23.6 Å². The lowest BCUT2D eigenvalue weighted by molar-refractivity contribution is 0.240. The van der Waals surface area contributed by atoms with Gasteiger partial charge in [-0.25, -0.2) is 14.7 Å². The maximum absolute atomic E-state index is 11.6. The number of rotatable bonds is 7. The maximum Gasteiger partial charge on any atom is 0.315 e. The van der Waals surface area contributed by atoms with E-state index >= 15 is 0 Å². The van der Waals surface area contributed by atoms with E-state index < -0.39 is 10.2 Å². The van der Waals surface area contributed by atoms with Crippen LogP contribution < -0.4 is 20.5 Å². The number of hydrogen-bond donors (Lipinski definition) is 4. The monoisotopic (exact) mass is 362 g/mol.